The Bertz CT molecular complexity index is 911. The third-order valence-corrected chi connectivity index (χ3v) is 4.69. The first-order chi connectivity index (χ1) is 11.5. The predicted molar refractivity (Wildman–Crippen MR) is 105 cm³/mol. The summed E-state index contributed by atoms with van der Waals surface area (Å²) in [6.45, 7) is 0. The lowest BCUT2D eigenvalue weighted by Crippen LogP contribution is -2.05. The molecule has 0 amide bonds. The monoisotopic (exact) mass is 472 g/mol. The summed E-state index contributed by atoms with van der Waals surface area (Å²) in [6.07, 6.45) is 3.67. The van der Waals surface area contributed by atoms with Crippen LogP contribution in [0.25, 0.3) is 5.69 Å². The Labute approximate surface area is 162 Å². The van der Waals surface area contributed by atoms with Gasteiger partial charge in [0.2, 0.25) is 0 Å². The number of hydrogen-bond acceptors (Lipinski definition) is 2. The van der Waals surface area contributed by atoms with E-state index in [-0.39, 0.29) is 5.56 Å². The highest BCUT2D eigenvalue weighted by molar-refractivity contribution is 14.1. The minimum absolute atomic E-state index is 0.0746. The molecule has 1 heterocycles. The number of nitrogens with one attached hydrogen (secondary N) is 1. The van der Waals surface area contributed by atoms with Crippen LogP contribution in [0.15, 0.2) is 54.9 Å². The second kappa shape index (κ2) is 7.04. The van der Waals surface area contributed by atoms with E-state index in [0.717, 1.165) is 3.57 Å². The lowest BCUT2D eigenvalue weighted by molar-refractivity contribution is 0.0698. The fourth-order valence-corrected chi connectivity index (χ4v) is 3.44. The van der Waals surface area contributed by atoms with Gasteiger partial charge in [-0.1, -0.05) is 23.2 Å². The van der Waals surface area contributed by atoms with Crippen LogP contribution < -0.4 is 5.32 Å². The molecule has 0 aliphatic heterocycles. The summed E-state index contributed by atoms with van der Waals surface area (Å²) in [5.74, 6) is -1.07. The summed E-state index contributed by atoms with van der Waals surface area (Å²) >= 11 is 14.6. The van der Waals surface area contributed by atoms with Crippen LogP contribution in [0.4, 0.5) is 11.4 Å². The van der Waals surface area contributed by atoms with Crippen molar-refractivity contribution in [3.05, 3.63) is 74.0 Å². The van der Waals surface area contributed by atoms with Gasteiger partial charge in [0.1, 0.15) is 0 Å². The quantitative estimate of drug-likeness (QED) is 0.469. The second-order valence-corrected chi connectivity index (χ2v) is 7.05. The molecular weight excluding hydrogens is 462 g/mol. The van der Waals surface area contributed by atoms with Gasteiger partial charge in [0.05, 0.1) is 32.7 Å². The van der Waals surface area contributed by atoms with Gasteiger partial charge in [-0.15, -0.1) is 0 Å². The van der Waals surface area contributed by atoms with Crippen LogP contribution in [-0.2, 0) is 0 Å². The van der Waals surface area contributed by atoms with Crippen LogP contribution in [0.1, 0.15) is 10.4 Å². The molecule has 0 atom stereocenters. The number of carboxylic acids is 1. The molecule has 4 nitrogen and oxygen atoms in total. The molecule has 3 aromatic rings. The van der Waals surface area contributed by atoms with Gasteiger partial charge in [-0.25, -0.2) is 4.79 Å². The first kappa shape index (κ1) is 17.1. The SMILES string of the molecule is O=C(O)c1cc(Cl)c(-n2cccc2)cc1Nc1ccc(I)cc1Cl. The molecule has 0 radical (unpaired) electrons. The molecule has 3 rings (SSSR count). The molecule has 2 N–H and O–H groups in total. The third-order valence-electron chi connectivity index (χ3n) is 3.40. The highest BCUT2D eigenvalue weighted by Crippen LogP contribution is 2.33. The minimum Gasteiger partial charge on any atom is -0.478 e. The Kier molecular flexibility index (Phi) is 5.03. The molecule has 0 spiro atoms. The van der Waals surface area contributed by atoms with Crippen molar-refractivity contribution >= 4 is 63.1 Å². The summed E-state index contributed by atoms with van der Waals surface area (Å²) in [6, 6.07) is 12.3. The van der Waals surface area contributed by atoms with Crippen molar-refractivity contribution < 1.29 is 9.90 Å². The number of halogens is 3. The van der Waals surface area contributed by atoms with Gasteiger partial charge in [0, 0.05) is 16.0 Å². The third kappa shape index (κ3) is 3.53. The van der Waals surface area contributed by atoms with Crippen LogP contribution in [0.2, 0.25) is 10.0 Å². The van der Waals surface area contributed by atoms with Gasteiger partial charge < -0.3 is 15.0 Å². The van der Waals surface area contributed by atoms with Crippen molar-refractivity contribution in [3.8, 4) is 5.69 Å². The highest BCUT2D eigenvalue weighted by atomic mass is 127. The molecular formula is C17H11Cl2IN2O2. The van der Waals surface area contributed by atoms with E-state index < -0.39 is 5.97 Å². The molecule has 0 fully saturated rings. The van der Waals surface area contributed by atoms with Crippen LogP contribution in [0.3, 0.4) is 0 Å². The van der Waals surface area contributed by atoms with E-state index in [1.165, 1.54) is 6.07 Å². The van der Waals surface area contributed by atoms with Gasteiger partial charge in [-0.2, -0.15) is 0 Å². The number of aromatic nitrogens is 1. The van der Waals surface area contributed by atoms with E-state index >= 15 is 0 Å². The van der Waals surface area contributed by atoms with Gasteiger partial charge in [0.25, 0.3) is 0 Å². The van der Waals surface area contributed by atoms with Crippen molar-refractivity contribution in [2.75, 3.05) is 5.32 Å². The zero-order valence-corrected chi connectivity index (χ0v) is 15.8. The molecule has 122 valence electrons. The maximum atomic E-state index is 11.6. The summed E-state index contributed by atoms with van der Waals surface area (Å²) in [5.41, 5.74) is 1.79. The Morgan fingerprint density at radius 2 is 1.75 bits per heavy atom. The van der Waals surface area contributed by atoms with E-state index in [1.54, 1.807) is 18.2 Å². The zero-order chi connectivity index (χ0) is 17.3. The Morgan fingerprint density at radius 3 is 2.38 bits per heavy atom. The summed E-state index contributed by atoms with van der Waals surface area (Å²) in [7, 11) is 0. The van der Waals surface area contributed by atoms with Gasteiger partial charge in [-0.3, -0.25) is 0 Å². The van der Waals surface area contributed by atoms with Crippen LogP contribution in [-0.4, -0.2) is 15.6 Å². The number of benzene rings is 2. The Hall–Kier alpha value is -1.70. The smallest absolute Gasteiger partial charge is 0.337 e. The van der Waals surface area contributed by atoms with Crippen molar-refractivity contribution in [2.45, 2.75) is 0 Å². The second-order valence-electron chi connectivity index (χ2n) is 4.99. The minimum atomic E-state index is -1.07. The fourth-order valence-electron chi connectivity index (χ4n) is 2.27. The number of carbonyl (C=O) groups is 1. The van der Waals surface area contributed by atoms with E-state index in [4.69, 9.17) is 23.2 Å². The van der Waals surface area contributed by atoms with Crippen LogP contribution in [0, 0.1) is 3.57 Å². The normalized spacial score (nSPS) is 10.6. The lowest BCUT2D eigenvalue weighted by atomic mass is 10.1. The van der Waals surface area contributed by atoms with Crippen LogP contribution >= 0.6 is 45.8 Å². The first-order valence-corrected chi connectivity index (χ1v) is 8.71. The lowest BCUT2D eigenvalue weighted by Gasteiger charge is -2.15. The number of nitrogens with zero attached hydrogens (tertiary/aromatic N) is 1. The topological polar surface area (TPSA) is 54.3 Å². The number of hydrogen-bond donors (Lipinski definition) is 2. The van der Waals surface area contributed by atoms with E-state index in [0.29, 0.717) is 27.1 Å². The highest BCUT2D eigenvalue weighted by Gasteiger charge is 2.16. The first-order valence-electron chi connectivity index (χ1n) is 6.88. The molecule has 0 aliphatic carbocycles. The van der Waals surface area contributed by atoms with Gasteiger partial charge in [0.15, 0.2) is 0 Å². The molecule has 0 saturated carbocycles. The van der Waals surface area contributed by atoms with E-state index in [1.807, 2.05) is 35.2 Å². The number of rotatable bonds is 4. The van der Waals surface area contributed by atoms with Gasteiger partial charge >= 0.3 is 5.97 Å². The molecule has 0 saturated heterocycles. The van der Waals surface area contributed by atoms with Gasteiger partial charge in [-0.05, 0) is 65.1 Å². The summed E-state index contributed by atoms with van der Waals surface area (Å²) < 4.78 is 2.81. The van der Waals surface area contributed by atoms with Crippen molar-refractivity contribution in [1.82, 2.24) is 4.57 Å². The van der Waals surface area contributed by atoms with Crippen molar-refractivity contribution in [2.24, 2.45) is 0 Å². The fraction of sp³-hybridized carbons (Fsp3) is 0. The molecule has 24 heavy (non-hydrogen) atoms. The number of aromatic carboxylic acids is 1. The molecule has 0 aliphatic rings. The molecule has 0 unspecified atom stereocenters. The average molecular weight is 473 g/mol. The van der Waals surface area contributed by atoms with E-state index in [2.05, 4.69) is 27.9 Å². The van der Waals surface area contributed by atoms with E-state index in [9.17, 15) is 9.90 Å². The number of carboxylic acid groups (broad SMARTS) is 1. The molecule has 2 aromatic carbocycles. The Balaban J connectivity index is 2.10. The largest absolute Gasteiger partial charge is 0.478 e. The summed E-state index contributed by atoms with van der Waals surface area (Å²) in [5, 5.41) is 13.4. The molecule has 0 bridgehead atoms. The Morgan fingerprint density at radius 1 is 1.04 bits per heavy atom. The van der Waals surface area contributed by atoms with Crippen LogP contribution in [0.5, 0.6) is 0 Å². The molecule has 7 heteroatoms. The zero-order valence-electron chi connectivity index (χ0n) is 12.1. The number of anilines is 2. The average Bonchev–Trinajstić information content (AvgIpc) is 3.05. The summed E-state index contributed by atoms with van der Waals surface area (Å²) in [4.78, 5) is 11.6. The maximum absolute atomic E-state index is 11.6. The maximum Gasteiger partial charge on any atom is 0.337 e. The van der Waals surface area contributed by atoms with Crippen molar-refractivity contribution in [3.63, 3.8) is 0 Å². The standard InChI is InChI=1S/C17H11Cl2IN2O2/c18-12-7-10(20)3-4-14(12)21-15-9-16(22-5-1-2-6-22)13(19)8-11(15)17(23)24/h1-9,21H,(H,23,24). The van der Waals surface area contributed by atoms with Crippen molar-refractivity contribution in [1.29, 1.82) is 0 Å². The predicted octanol–water partition coefficient (Wildman–Crippen LogP) is 5.83. The molecule has 1 aromatic heterocycles.